The molecule has 59 valence electrons. The fraction of sp³-hybridized carbons (Fsp3) is 0.333. The molecule has 1 heterocycles. The van der Waals surface area contributed by atoms with Crippen LogP contribution in [0.25, 0.3) is 0 Å². The van der Waals surface area contributed by atoms with Crippen LogP contribution >= 0.6 is 11.3 Å². The van der Waals surface area contributed by atoms with Gasteiger partial charge in [0.2, 0.25) is 0 Å². The monoisotopic (exact) mass is 185 g/mol. The van der Waals surface area contributed by atoms with Crippen LogP contribution in [0.15, 0.2) is 16.7 Å². The Hall–Kier alpha value is -0.683. The van der Waals surface area contributed by atoms with E-state index in [2.05, 4.69) is 10.1 Å². The minimum absolute atomic E-state index is 0.709. The van der Waals surface area contributed by atoms with Crippen LogP contribution in [0.4, 0.5) is 0 Å². The molecule has 1 rings (SSSR count). The van der Waals surface area contributed by atoms with Gasteiger partial charge in [0.1, 0.15) is 11.2 Å². The normalized spacial score (nSPS) is 11.2. The molecule has 0 atom stereocenters. The highest BCUT2D eigenvalue weighted by Gasteiger charge is 1.94. The van der Waals surface area contributed by atoms with Gasteiger partial charge in [0.05, 0.1) is 0 Å². The fourth-order valence-corrected chi connectivity index (χ4v) is 1.23. The van der Waals surface area contributed by atoms with Crippen molar-refractivity contribution in [3.63, 3.8) is 0 Å². The van der Waals surface area contributed by atoms with Gasteiger partial charge in [-0.2, -0.15) is 0 Å². The minimum atomic E-state index is -0.709. The highest BCUT2D eigenvalue weighted by Crippen LogP contribution is 1.99. The molecule has 0 fully saturated rings. The molecule has 0 N–H and O–H groups in total. The van der Waals surface area contributed by atoms with Crippen LogP contribution in [0, 0.1) is 0 Å². The maximum atomic E-state index is 5.05. The smallest absolute Gasteiger partial charge is 0.313 e. The summed E-state index contributed by atoms with van der Waals surface area (Å²) in [5.41, 5.74) is 0. The lowest BCUT2D eigenvalue weighted by Gasteiger charge is -1.96. The third-order valence-corrected chi connectivity index (χ3v) is 2.03. The second kappa shape index (κ2) is 4.25. The first kappa shape index (κ1) is 8.41. The van der Waals surface area contributed by atoms with E-state index in [0.717, 1.165) is 5.01 Å². The zero-order chi connectivity index (χ0) is 8.10. The minimum Gasteiger partial charge on any atom is -0.455 e. The molecule has 0 aliphatic rings. The molecular formula is C6H9N2OSSi. The van der Waals surface area contributed by atoms with Crippen LogP contribution in [-0.2, 0) is 4.53 Å². The Morgan fingerprint density at radius 1 is 1.73 bits per heavy atom. The van der Waals surface area contributed by atoms with E-state index in [1.54, 1.807) is 23.7 Å². The molecule has 0 aromatic carbocycles. The molecule has 11 heavy (non-hydrogen) atoms. The molecule has 0 spiro atoms. The number of hydrogen-bond acceptors (Lipinski definition) is 4. The van der Waals surface area contributed by atoms with Gasteiger partial charge in [-0.05, 0) is 13.1 Å². The van der Waals surface area contributed by atoms with Crippen molar-refractivity contribution in [2.24, 2.45) is 5.16 Å². The lowest BCUT2D eigenvalue weighted by Crippen LogP contribution is -2.01. The zero-order valence-electron chi connectivity index (χ0n) is 6.44. The van der Waals surface area contributed by atoms with Gasteiger partial charge in [-0.3, -0.25) is 0 Å². The first-order valence-corrected chi connectivity index (χ1v) is 6.48. The number of rotatable bonds is 3. The van der Waals surface area contributed by atoms with Gasteiger partial charge < -0.3 is 4.53 Å². The van der Waals surface area contributed by atoms with Crippen LogP contribution in [0.3, 0.4) is 0 Å². The molecule has 0 bridgehead atoms. The number of thiazole rings is 1. The zero-order valence-corrected chi connectivity index (χ0v) is 8.26. The van der Waals surface area contributed by atoms with Gasteiger partial charge in [-0.1, -0.05) is 0 Å². The lowest BCUT2D eigenvalue weighted by molar-refractivity contribution is 0.354. The highest BCUT2D eigenvalue weighted by atomic mass is 32.1. The van der Waals surface area contributed by atoms with Crippen molar-refractivity contribution in [2.75, 3.05) is 0 Å². The van der Waals surface area contributed by atoms with Crippen LogP contribution in [0.1, 0.15) is 5.01 Å². The van der Waals surface area contributed by atoms with Crippen molar-refractivity contribution < 1.29 is 4.53 Å². The average Bonchev–Trinajstić information content (AvgIpc) is 2.39. The van der Waals surface area contributed by atoms with Gasteiger partial charge in [-0.15, -0.1) is 16.5 Å². The van der Waals surface area contributed by atoms with E-state index in [4.69, 9.17) is 4.53 Å². The first-order valence-electron chi connectivity index (χ1n) is 3.19. The Balaban J connectivity index is 2.37. The molecule has 1 radical (unpaired) electrons. The van der Waals surface area contributed by atoms with Crippen molar-refractivity contribution in [3.05, 3.63) is 16.6 Å². The quantitative estimate of drug-likeness (QED) is 0.408. The summed E-state index contributed by atoms with van der Waals surface area (Å²) in [6, 6.07) is 0. The summed E-state index contributed by atoms with van der Waals surface area (Å²) in [5.74, 6) is 0. The molecule has 0 saturated heterocycles. The second-order valence-corrected chi connectivity index (χ2v) is 5.03. The molecular weight excluding hydrogens is 176 g/mol. The summed E-state index contributed by atoms with van der Waals surface area (Å²) in [4.78, 5) is 4.01. The third kappa shape index (κ3) is 3.29. The van der Waals surface area contributed by atoms with Crippen LogP contribution < -0.4 is 0 Å². The van der Waals surface area contributed by atoms with E-state index in [1.807, 2.05) is 18.5 Å². The van der Waals surface area contributed by atoms with E-state index in [1.165, 1.54) is 0 Å². The SMILES string of the molecule is C[Si](C)ON=Cc1nccs1. The Labute approximate surface area is 71.5 Å². The van der Waals surface area contributed by atoms with Gasteiger partial charge in [0.15, 0.2) is 0 Å². The van der Waals surface area contributed by atoms with Crippen molar-refractivity contribution in [3.8, 4) is 0 Å². The molecule has 1 aromatic rings. The van der Waals surface area contributed by atoms with Gasteiger partial charge in [0, 0.05) is 11.6 Å². The number of hydrogen-bond donors (Lipinski definition) is 0. The number of aromatic nitrogens is 1. The fourth-order valence-electron chi connectivity index (χ4n) is 0.475. The molecule has 3 nitrogen and oxygen atoms in total. The Morgan fingerprint density at radius 3 is 3.09 bits per heavy atom. The number of oxime groups is 1. The van der Waals surface area contributed by atoms with Crippen LogP contribution in [-0.4, -0.2) is 20.2 Å². The standard InChI is InChI=1S/C6H9N2OSSi/c1-11(2)9-8-5-6-7-3-4-10-6/h3-5H,1-2H3. The van der Waals surface area contributed by atoms with Gasteiger partial charge in [0.25, 0.3) is 0 Å². The molecule has 1 aromatic heterocycles. The van der Waals surface area contributed by atoms with E-state index >= 15 is 0 Å². The van der Waals surface area contributed by atoms with E-state index in [0.29, 0.717) is 0 Å². The summed E-state index contributed by atoms with van der Waals surface area (Å²) in [5, 5.41) is 6.57. The van der Waals surface area contributed by atoms with E-state index < -0.39 is 9.04 Å². The number of nitrogens with zero attached hydrogens (tertiary/aromatic N) is 2. The molecule has 0 saturated carbocycles. The Morgan fingerprint density at radius 2 is 2.55 bits per heavy atom. The van der Waals surface area contributed by atoms with Gasteiger partial charge >= 0.3 is 9.04 Å². The lowest BCUT2D eigenvalue weighted by atomic mass is 10.8. The summed E-state index contributed by atoms with van der Waals surface area (Å²) in [6.07, 6.45) is 3.39. The largest absolute Gasteiger partial charge is 0.455 e. The summed E-state index contributed by atoms with van der Waals surface area (Å²) < 4.78 is 5.05. The summed E-state index contributed by atoms with van der Waals surface area (Å²) in [7, 11) is -0.709. The Bertz CT molecular complexity index is 222. The summed E-state index contributed by atoms with van der Waals surface area (Å²) >= 11 is 1.55. The third-order valence-electron chi connectivity index (χ3n) is 0.850. The van der Waals surface area contributed by atoms with Gasteiger partial charge in [-0.25, -0.2) is 4.98 Å². The topological polar surface area (TPSA) is 34.5 Å². The predicted molar refractivity (Wildman–Crippen MR) is 48.3 cm³/mol. The van der Waals surface area contributed by atoms with Crippen LogP contribution in [0.5, 0.6) is 0 Å². The van der Waals surface area contributed by atoms with Crippen molar-refractivity contribution >= 4 is 26.6 Å². The summed E-state index contributed by atoms with van der Waals surface area (Å²) in [6.45, 7) is 4.06. The first-order chi connectivity index (χ1) is 5.29. The highest BCUT2D eigenvalue weighted by molar-refractivity contribution is 7.11. The van der Waals surface area contributed by atoms with Crippen molar-refractivity contribution in [1.82, 2.24) is 4.98 Å². The predicted octanol–water partition coefficient (Wildman–Crippen LogP) is 1.74. The maximum Gasteiger partial charge on any atom is 0.313 e. The van der Waals surface area contributed by atoms with E-state index in [-0.39, 0.29) is 0 Å². The Kier molecular flexibility index (Phi) is 3.25. The van der Waals surface area contributed by atoms with E-state index in [9.17, 15) is 0 Å². The molecule has 0 aliphatic heterocycles. The molecule has 0 amide bonds. The maximum absolute atomic E-state index is 5.05. The molecule has 0 unspecified atom stereocenters. The van der Waals surface area contributed by atoms with Crippen molar-refractivity contribution in [1.29, 1.82) is 0 Å². The average molecular weight is 185 g/mol. The molecule has 0 aliphatic carbocycles. The molecule has 5 heteroatoms. The van der Waals surface area contributed by atoms with Crippen LogP contribution in [0.2, 0.25) is 13.1 Å². The van der Waals surface area contributed by atoms with Crippen molar-refractivity contribution in [2.45, 2.75) is 13.1 Å². The second-order valence-electron chi connectivity index (χ2n) is 2.10.